The lowest BCUT2D eigenvalue weighted by Gasteiger charge is -2.19. The number of nitrogens with zero attached hydrogens (tertiary/aromatic N) is 1. The van der Waals surface area contributed by atoms with Gasteiger partial charge in [-0.15, -0.1) is 0 Å². The molecule has 19 heavy (non-hydrogen) atoms. The van der Waals surface area contributed by atoms with E-state index in [1.165, 1.54) is 0 Å². The summed E-state index contributed by atoms with van der Waals surface area (Å²) in [7, 11) is 4.91. The highest BCUT2D eigenvalue weighted by molar-refractivity contribution is 5.78. The molecule has 106 valence electrons. The van der Waals surface area contributed by atoms with Gasteiger partial charge in [-0.05, 0) is 24.6 Å². The van der Waals surface area contributed by atoms with Crippen molar-refractivity contribution in [2.45, 2.75) is 19.4 Å². The SMILES string of the molecule is COc1ccc(CC(=O)N(C)CC(C)N)cc1OC. The lowest BCUT2D eigenvalue weighted by Crippen LogP contribution is -2.37. The summed E-state index contributed by atoms with van der Waals surface area (Å²) in [5.74, 6) is 1.31. The van der Waals surface area contributed by atoms with Gasteiger partial charge in [-0.1, -0.05) is 6.07 Å². The molecule has 1 amide bonds. The van der Waals surface area contributed by atoms with Crippen molar-refractivity contribution in [2.24, 2.45) is 5.73 Å². The van der Waals surface area contributed by atoms with Gasteiger partial charge in [0.05, 0.1) is 20.6 Å². The van der Waals surface area contributed by atoms with E-state index < -0.39 is 0 Å². The molecule has 1 aromatic rings. The van der Waals surface area contributed by atoms with Gasteiger partial charge < -0.3 is 20.1 Å². The summed E-state index contributed by atoms with van der Waals surface area (Å²) in [6, 6.07) is 5.45. The predicted octanol–water partition coefficient (Wildman–Crippen LogP) is 1.05. The van der Waals surface area contributed by atoms with Gasteiger partial charge in [0.15, 0.2) is 11.5 Å². The molecule has 0 aliphatic carbocycles. The van der Waals surface area contributed by atoms with E-state index >= 15 is 0 Å². The molecule has 0 aliphatic heterocycles. The van der Waals surface area contributed by atoms with Gasteiger partial charge in [0, 0.05) is 19.6 Å². The average Bonchev–Trinajstić information content (AvgIpc) is 2.37. The minimum absolute atomic E-state index is 0.0284. The number of methoxy groups -OCH3 is 2. The highest BCUT2D eigenvalue weighted by Crippen LogP contribution is 2.27. The van der Waals surface area contributed by atoms with Crippen LogP contribution >= 0.6 is 0 Å². The monoisotopic (exact) mass is 266 g/mol. The number of nitrogens with two attached hydrogens (primary N) is 1. The molecular weight excluding hydrogens is 244 g/mol. The highest BCUT2D eigenvalue weighted by atomic mass is 16.5. The minimum atomic E-state index is -0.0284. The molecule has 0 fully saturated rings. The van der Waals surface area contributed by atoms with E-state index in [1.807, 2.05) is 19.1 Å². The van der Waals surface area contributed by atoms with Crippen LogP contribution in [0.3, 0.4) is 0 Å². The topological polar surface area (TPSA) is 64.8 Å². The molecule has 0 heterocycles. The Morgan fingerprint density at radius 2 is 1.95 bits per heavy atom. The van der Waals surface area contributed by atoms with Crippen molar-refractivity contribution in [2.75, 3.05) is 27.8 Å². The zero-order chi connectivity index (χ0) is 14.4. The van der Waals surface area contributed by atoms with Crippen molar-refractivity contribution in [3.63, 3.8) is 0 Å². The van der Waals surface area contributed by atoms with E-state index in [2.05, 4.69) is 0 Å². The quantitative estimate of drug-likeness (QED) is 0.836. The van der Waals surface area contributed by atoms with Gasteiger partial charge in [-0.2, -0.15) is 0 Å². The number of likely N-dealkylation sites (N-methyl/N-ethyl adjacent to an activating group) is 1. The first-order valence-corrected chi connectivity index (χ1v) is 6.18. The lowest BCUT2D eigenvalue weighted by molar-refractivity contribution is -0.129. The van der Waals surface area contributed by atoms with Crippen molar-refractivity contribution in [1.29, 1.82) is 0 Å². The second-order valence-electron chi connectivity index (χ2n) is 4.62. The maximum absolute atomic E-state index is 12.0. The second kappa shape index (κ2) is 6.99. The van der Waals surface area contributed by atoms with Crippen LogP contribution in [-0.2, 0) is 11.2 Å². The Morgan fingerprint density at radius 1 is 1.32 bits per heavy atom. The fraction of sp³-hybridized carbons (Fsp3) is 0.500. The fourth-order valence-corrected chi connectivity index (χ4v) is 1.83. The summed E-state index contributed by atoms with van der Waals surface area (Å²) < 4.78 is 10.4. The Kier molecular flexibility index (Phi) is 5.63. The molecule has 2 N–H and O–H groups in total. The summed E-state index contributed by atoms with van der Waals surface area (Å²) in [4.78, 5) is 13.6. The van der Waals surface area contributed by atoms with Gasteiger partial charge in [0.25, 0.3) is 0 Å². The first-order chi connectivity index (χ1) is 8.97. The number of carbonyl (C=O) groups excluding carboxylic acids is 1. The highest BCUT2D eigenvalue weighted by Gasteiger charge is 2.12. The van der Waals surface area contributed by atoms with E-state index in [0.717, 1.165) is 5.56 Å². The van der Waals surface area contributed by atoms with Gasteiger partial charge in [-0.3, -0.25) is 4.79 Å². The van der Waals surface area contributed by atoms with Crippen LogP contribution < -0.4 is 15.2 Å². The van der Waals surface area contributed by atoms with Crippen molar-refractivity contribution in [3.8, 4) is 11.5 Å². The molecule has 5 nitrogen and oxygen atoms in total. The van der Waals surface area contributed by atoms with Crippen LogP contribution in [0.5, 0.6) is 11.5 Å². The second-order valence-corrected chi connectivity index (χ2v) is 4.62. The number of benzene rings is 1. The number of amides is 1. The van der Waals surface area contributed by atoms with Crippen LogP contribution in [0.25, 0.3) is 0 Å². The number of rotatable bonds is 6. The van der Waals surface area contributed by atoms with E-state index in [4.69, 9.17) is 15.2 Å². The maximum Gasteiger partial charge on any atom is 0.226 e. The molecule has 0 spiro atoms. The van der Waals surface area contributed by atoms with Crippen molar-refractivity contribution < 1.29 is 14.3 Å². The molecule has 0 aromatic heterocycles. The van der Waals surface area contributed by atoms with Crippen molar-refractivity contribution >= 4 is 5.91 Å². The largest absolute Gasteiger partial charge is 0.493 e. The Labute approximate surface area is 114 Å². The predicted molar refractivity (Wildman–Crippen MR) is 74.5 cm³/mol. The molecular formula is C14H22N2O3. The normalized spacial score (nSPS) is 11.8. The molecule has 0 aliphatic rings. The average molecular weight is 266 g/mol. The van der Waals surface area contributed by atoms with Gasteiger partial charge in [-0.25, -0.2) is 0 Å². The van der Waals surface area contributed by atoms with E-state index in [-0.39, 0.29) is 11.9 Å². The molecule has 0 saturated heterocycles. The smallest absolute Gasteiger partial charge is 0.226 e. The van der Waals surface area contributed by atoms with Crippen molar-refractivity contribution in [1.82, 2.24) is 4.90 Å². The summed E-state index contributed by atoms with van der Waals surface area (Å²) in [6.07, 6.45) is 0.323. The van der Waals surface area contributed by atoms with Crippen LogP contribution in [-0.4, -0.2) is 44.7 Å². The number of carbonyl (C=O) groups is 1. The van der Waals surface area contributed by atoms with Crippen LogP contribution in [0.15, 0.2) is 18.2 Å². The van der Waals surface area contributed by atoms with Crippen LogP contribution in [0.4, 0.5) is 0 Å². The molecule has 1 aromatic carbocycles. The fourth-order valence-electron chi connectivity index (χ4n) is 1.83. The Bertz CT molecular complexity index is 433. The van der Waals surface area contributed by atoms with Crippen molar-refractivity contribution in [3.05, 3.63) is 23.8 Å². The Balaban J connectivity index is 2.74. The van der Waals surface area contributed by atoms with Gasteiger partial charge in [0.1, 0.15) is 0 Å². The molecule has 0 radical (unpaired) electrons. The van der Waals surface area contributed by atoms with Gasteiger partial charge in [0.2, 0.25) is 5.91 Å². The molecule has 0 bridgehead atoms. The summed E-state index contributed by atoms with van der Waals surface area (Å²) >= 11 is 0. The third-order valence-electron chi connectivity index (χ3n) is 2.79. The summed E-state index contributed by atoms with van der Waals surface area (Å²) in [5.41, 5.74) is 6.57. The number of ether oxygens (including phenoxy) is 2. The first-order valence-electron chi connectivity index (χ1n) is 6.18. The third kappa shape index (κ3) is 4.44. The lowest BCUT2D eigenvalue weighted by atomic mass is 10.1. The summed E-state index contributed by atoms with van der Waals surface area (Å²) in [5, 5.41) is 0. The van der Waals surface area contributed by atoms with E-state index in [9.17, 15) is 4.79 Å². The number of hydrogen-bond acceptors (Lipinski definition) is 4. The van der Waals surface area contributed by atoms with Crippen LogP contribution in [0.2, 0.25) is 0 Å². The molecule has 1 rings (SSSR count). The molecule has 0 saturated carbocycles. The molecule has 1 unspecified atom stereocenters. The molecule has 1 atom stereocenters. The first kappa shape index (κ1) is 15.3. The Hall–Kier alpha value is -1.75. The number of hydrogen-bond donors (Lipinski definition) is 1. The standard InChI is InChI=1S/C14H22N2O3/c1-10(15)9-16(2)14(17)8-11-5-6-12(18-3)13(7-11)19-4/h5-7,10H,8-9,15H2,1-4H3. The maximum atomic E-state index is 12.0. The van der Waals surface area contributed by atoms with Gasteiger partial charge >= 0.3 is 0 Å². The zero-order valence-electron chi connectivity index (χ0n) is 12.0. The van der Waals surface area contributed by atoms with Crippen LogP contribution in [0, 0.1) is 0 Å². The summed E-state index contributed by atoms with van der Waals surface area (Å²) in [6.45, 7) is 2.42. The zero-order valence-corrected chi connectivity index (χ0v) is 12.0. The van der Waals surface area contributed by atoms with E-state index in [1.54, 1.807) is 32.2 Å². The van der Waals surface area contributed by atoms with E-state index in [0.29, 0.717) is 24.5 Å². The van der Waals surface area contributed by atoms with Crippen LogP contribution in [0.1, 0.15) is 12.5 Å². The Morgan fingerprint density at radius 3 is 2.47 bits per heavy atom. The minimum Gasteiger partial charge on any atom is -0.493 e. The molecule has 5 heteroatoms. The third-order valence-corrected chi connectivity index (χ3v) is 2.79.